The van der Waals surface area contributed by atoms with Crippen LogP contribution in [-0.4, -0.2) is 14.8 Å². The maximum atomic E-state index is 11.2. The second-order valence-corrected chi connectivity index (χ2v) is 2.60. The first-order chi connectivity index (χ1) is 5.68. The molecule has 2 rings (SSSR count). The Balaban J connectivity index is 3.06. The predicted molar refractivity (Wildman–Crippen MR) is 44.2 cm³/mol. The lowest BCUT2D eigenvalue weighted by molar-refractivity contribution is 0.751. The first kappa shape index (κ1) is 6.90. The van der Waals surface area contributed by atoms with E-state index in [1.54, 1.807) is 7.05 Å². The molecule has 2 aromatic heterocycles. The molecule has 0 aromatic carbocycles. The lowest BCUT2D eigenvalue weighted by Gasteiger charge is -1.83. The van der Waals surface area contributed by atoms with Gasteiger partial charge in [-0.15, -0.1) is 0 Å². The number of aromatic amines is 2. The van der Waals surface area contributed by atoms with E-state index < -0.39 is 0 Å². The van der Waals surface area contributed by atoms with Crippen molar-refractivity contribution in [2.75, 3.05) is 0 Å². The minimum absolute atomic E-state index is 0.138. The molecule has 0 saturated carbocycles. The van der Waals surface area contributed by atoms with E-state index in [4.69, 9.17) is 0 Å². The fourth-order valence-electron chi connectivity index (χ4n) is 1.15. The predicted octanol–water partition coefficient (Wildman–Crippen LogP) is -0.445. The highest BCUT2D eigenvalue weighted by Gasteiger charge is 2.02. The van der Waals surface area contributed by atoms with E-state index >= 15 is 0 Å². The molecule has 0 atom stereocenters. The summed E-state index contributed by atoms with van der Waals surface area (Å²) in [5.41, 5.74) is 0.205. The Hall–Kier alpha value is -1.78. The van der Waals surface area contributed by atoms with Crippen molar-refractivity contribution in [1.82, 2.24) is 14.8 Å². The van der Waals surface area contributed by atoms with Crippen molar-refractivity contribution in [2.45, 2.75) is 0 Å². The largest absolute Gasteiger partial charge is 0.328 e. The molecule has 2 aromatic rings. The average Bonchev–Trinajstić information content (AvgIpc) is 2.28. The summed E-state index contributed by atoms with van der Waals surface area (Å²) in [7, 11) is 1.60. The quantitative estimate of drug-likeness (QED) is 0.555. The highest BCUT2D eigenvalue weighted by atomic mass is 16.1. The fourth-order valence-corrected chi connectivity index (χ4v) is 1.15. The first-order valence-corrected chi connectivity index (χ1v) is 3.46. The second-order valence-electron chi connectivity index (χ2n) is 2.60. The number of hydrogen-bond acceptors (Lipinski definition) is 2. The number of aromatic nitrogens is 3. The van der Waals surface area contributed by atoms with Gasteiger partial charge in [0.1, 0.15) is 0 Å². The third-order valence-corrected chi connectivity index (χ3v) is 1.75. The number of fused-ring (bicyclic) bond motifs is 1. The summed E-state index contributed by atoms with van der Waals surface area (Å²) in [6.07, 6.45) is 1.41. The number of nitrogens with zero attached hydrogens (tertiary/aromatic N) is 1. The van der Waals surface area contributed by atoms with E-state index in [1.165, 1.54) is 16.9 Å². The number of rotatable bonds is 0. The molecule has 0 aliphatic rings. The van der Waals surface area contributed by atoms with Gasteiger partial charge in [-0.05, 0) is 0 Å². The Morgan fingerprint density at radius 3 is 2.92 bits per heavy atom. The maximum Gasteiger partial charge on any atom is 0.275 e. The van der Waals surface area contributed by atoms with Crippen molar-refractivity contribution < 1.29 is 0 Å². The molecule has 0 radical (unpaired) electrons. The van der Waals surface area contributed by atoms with Gasteiger partial charge in [0.25, 0.3) is 5.56 Å². The minimum atomic E-state index is -0.218. The van der Waals surface area contributed by atoms with Gasteiger partial charge >= 0.3 is 0 Å². The van der Waals surface area contributed by atoms with Crippen LogP contribution in [0.5, 0.6) is 0 Å². The van der Waals surface area contributed by atoms with Crippen LogP contribution in [0.2, 0.25) is 0 Å². The van der Waals surface area contributed by atoms with Crippen LogP contribution in [0.1, 0.15) is 0 Å². The van der Waals surface area contributed by atoms with Crippen molar-refractivity contribution >= 4 is 10.9 Å². The Morgan fingerprint density at radius 1 is 1.42 bits per heavy atom. The molecule has 0 unspecified atom stereocenters. The molecular formula is C7H7N3O2. The van der Waals surface area contributed by atoms with Crippen LogP contribution in [0.4, 0.5) is 0 Å². The van der Waals surface area contributed by atoms with Gasteiger partial charge in [-0.1, -0.05) is 0 Å². The highest BCUT2D eigenvalue weighted by molar-refractivity contribution is 5.76. The zero-order valence-corrected chi connectivity index (χ0v) is 6.42. The number of aryl methyl sites for hydroxylation is 1. The molecule has 0 aliphatic carbocycles. The summed E-state index contributed by atoms with van der Waals surface area (Å²) in [5.74, 6) is 0. The molecule has 0 spiro atoms. The summed E-state index contributed by atoms with van der Waals surface area (Å²) < 4.78 is 1.33. The molecule has 0 fully saturated rings. The van der Waals surface area contributed by atoms with Crippen LogP contribution in [0, 0.1) is 0 Å². The van der Waals surface area contributed by atoms with Gasteiger partial charge in [0.15, 0.2) is 0 Å². The molecule has 0 bridgehead atoms. The number of H-pyrrole nitrogens is 2. The zero-order chi connectivity index (χ0) is 8.72. The molecule has 62 valence electrons. The SMILES string of the molecule is Cn1[nH]c2cc(=O)[nH]cc2c1=O. The maximum absolute atomic E-state index is 11.2. The van der Waals surface area contributed by atoms with Crippen LogP contribution in [0.15, 0.2) is 21.9 Å². The van der Waals surface area contributed by atoms with Gasteiger partial charge < -0.3 is 4.98 Å². The van der Waals surface area contributed by atoms with Gasteiger partial charge in [-0.2, -0.15) is 0 Å². The molecule has 0 amide bonds. The standard InChI is InChI=1S/C7H7N3O2/c1-10-7(12)4-3-8-6(11)2-5(4)9-10/h2-3,9H,1H3,(H,8,11). The van der Waals surface area contributed by atoms with Crippen LogP contribution in [-0.2, 0) is 7.05 Å². The smallest absolute Gasteiger partial charge is 0.275 e. The second kappa shape index (κ2) is 2.10. The van der Waals surface area contributed by atoms with Crippen LogP contribution < -0.4 is 11.1 Å². The van der Waals surface area contributed by atoms with E-state index in [-0.39, 0.29) is 11.1 Å². The normalized spacial score (nSPS) is 10.8. The minimum Gasteiger partial charge on any atom is -0.328 e. The van der Waals surface area contributed by atoms with Crippen LogP contribution in [0.3, 0.4) is 0 Å². The topological polar surface area (TPSA) is 70.7 Å². The number of hydrogen-bond donors (Lipinski definition) is 2. The van der Waals surface area contributed by atoms with E-state index in [9.17, 15) is 9.59 Å². The van der Waals surface area contributed by atoms with Crippen molar-refractivity contribution in [2.24, 2.45) is 7.05 Å². The molecule has 12 heavy (non-hydrogen) atoms. The Morgan fingerprint density at radius 2 is 2.17 bits per heavy atom. The van der Waals surface area contributed by atoms with Gasteiger partial charge in [-0.3, -0.25) is 19.4 Å². The molecule has 5 heteroatoms. The van der Waals surface area contributed by atoms with E-state index in [2.05, 4.69) is 10.1 Å². The Kier molecular flexibility index (Phi) is 1.21. The molecule has 5 nitrogen and oxygen atoms in total. The zero-order valence-electron chi connectivity index (χ0n) is 6.42. The summed E-state index contributed by atoms with van der Waals surface area (Å²) >= 11 is 0. The third kappa shape index (κ3) is 0.795. The number of pyridine rings is 1. The van der Waals surface area contributed by atoms with Crippen molar-refractivity contribution in [3.05, 3.63) is 33.0 Å². The molecular weight excluding hydrogens is 158 g/mol. The van der Waals surface area contributed by atoms with Crippen molar-refractivity contribution in [3.63, 3.8) is 0 Å². The molecule has 0 aliphatic heterocycles. The van der Waals surface area contributed by atoms with E-state index in [1.807, 2.05) is 0 Å². The Bertz CT molecular complexity index is 531. The summed E-state index contributed by atoms with van der Waals surface area (Å²) in [5, 5.41) is 3.25. The van der Waals surface area contributed by atoms with E-state index in [0.29, 0.717) is 10.9 Å². The Labute approximate surface area is 66.6 Å². The average molecular weight is 165 g/mol. The molecule has 2 heterocycles. The van der Waals surface area contributed by atoms with Gasteiger partial charge in [-0.25, -0.2) is 0 Å². The molecule has 2 N–H and O–H groups in total. The summed E-state index contributed by atoms with van der Waals surface area (Å²) in [6, 6.07) is 1.36. The lowest BCUT2D eigenvalue weighted by Crippen LogP contribution is -2.11. The van der Waals surface area contributed by atoms with Crippen molar-refractivity contribution in [1.29, 1.82) is 0 Å². The third-order valence-electron chi connectivity index (χ3n) is 1.75. The lowest BCUT2D eigenvalue weighted by atomic mass is 10.3. The fraction of sp³-hybridized carbons (Fsp3) is 0.143. The monoisotopic (exact) mass is 165 g/mol. The van der Waals surface area contributed by atoms with Crippen molar-refractivity contribution in [3.8, 4) is 0 Å². The van der Waals surface area contributed by atoms with Crippen LogP contribution >= 0.6 is 0 Å². The van der Waals surface area contributed by atoms with Gasteiger partial charge in [0.05, 0.1) is 10.9 Å². The van der Waals surface area contributed by atoms with Gasteiger partial charge in [0.2, 0.25) is 5.56 Å². The highest BCUT2D eigenvalue weighted by Crippen LogP contribution is 1.99. The van der Waals surface area contributed by atoms with E-state index in [0.717, 1.165) is 0 Å². The number of nitrogens with one attached hydrogen (secondary N) is 2. The first-order valence-electron chi connectivity index (χ1n) is 3.46. The summed E-state index contributed by atoms with van der Waals surface area (Å²) in [4.78, 5) is 24.5. The van der Waals surface area contributed by atoms with Gasteiger partial charge in [0, 0.05) is 19.3 Å². The van der Waals surface area contributed by atoms with Crippen LogP contribution in [0.25, 0.3) is 10.9 Å². The molecule has 0 saturated heterocycles. The summed E-state index contributed by atoms with van der Waals surface area (Å²) in [6.45, 7) is 0.